The van der Waals surface area contributed by atoms with Crippen molar-refractivity contribution in [3.8, 4) is 0 Å². The number of nitrogens with zero attached hydrogens (tertiary/aromatic N) is 1. The van der Waals surface area contributed by atoms with Crippen LogP contribution in [-0.4, -0.2) is 10.8 Å². The molecule has 0 fully saturated rings. The predicted molar refractivity (Wildman–Crippen MR) is 72.1 cm³/mol. The van der Waals surface area contributed by atoms with Gasteiger partial charge in [-0.3, -0.25) is 4.79 Å². The van der Waals surface area contributed by atoms with Gasteiger partial charge in [-0.15, -0.1) is 11.3 Å². The van der Waals surface area contributed by atoms with E-state index in [0.29, 0.717) is 22.3 Å². The molecule has 2 N–H and O–H groups in total. The third-order valence-electron chi connectivity index (χ3n) is 2.30. The lowest BCUT2D eigenvalue weighted by Crippen LogP contribution is -2.05. The van der Waals surface area contributed by atoms with E-state index in [1.165, 1.54) is 23.5 Å². The first-order valence-electron chi connectivity index (χ1n) is 5.21. The highest BCUT2D eigenvalue weighted by atomic mass is 79.9. The van der Waals surface area contributed by atoms with Crippen LogP contribution in [0.3, 0.4) is 0 Å². The molecule has 1 heterocycles. The van der Waals surface area contributed by atoms with Gasteiger partial charge in [0.25, 0.3) is 0 Å². The summed E-state index contributed by atoms with van der Waals surface area (Å²) < 4.78 is 13.8. The van der Waals surface area contributed by atoms with Gasteiger partial charge in [-0.1, -0.05) is 15.9 Å². The van der Waals surface area contributed by atoms with Crippen LogP contribution >= 0.6 is 27.3 Å². The van der Waals surface area contributed by atoms with Crippen LogP contribution in [0.4, 0.5) is 4.39 Å². The normalized spacial score (nSPS) is 10.6. The summed E-state index contributed by atoms with van der Waals surface area (Å²) in [7, 11) is 0. The van der Waals surface area contributed by atoms with Crippen LogP contribution in [0, 0.1) is 5.82 Å². The zero-order chi connectivity index (χ0) is 13.1. The molecule has 0 bridgehead atoms. The lowest BCUT2D eigenvalue weighted by Gasteiger charge is -2.00. The molecule has 0 aliphatic carbocycles. The maximum absolute atomic E-state index is 13.2. The minimum absolute atomic E-state index is 0.129. The number of thiazole rings is 1. The fraction of sp³-hybridized carbons (Fsp3) is 0.167. The van der Waals surface area contributed by atoms with Crippen LogP contribution in [0.2, 0.25) is 0 Å². The van der Waals surface area contributed by atoms with Crippen molar-refractivity contribution in [2.75, 3.05) is 0 Å². The first kappa shape index (κ1) is 13.3. The Balaban J connectivity index is 2.15. The molecule has 3 nitrogen and oxygen atoms in total. The molecule has 94 valence electrons. The first-order chi connectivity index (χ1) is 8.58. The second kappa shape index (κ2) is 5.69. The Morgan fingerprint density at radius 3 is 2.83 bits per heavy atom. The van der Waals surface area contributed by atoms with Crippen LogP contribution in [0.1, 0.15) is 21.1 Å². The van der Waals surface area contributed by atoms with Gasteiger partial charge in [-0.25, -0.2) is 9.37 Å². The zero-order valence-electron chi connectivity index (χ0n) is 9.32. The van der Waals surface area contributed by atoms with E-state index in [1.54, 1.807) is 11.4 Å². The van der Waals surface area contributed by atoms with E-state index >= 15 is 0 Å². The van der Waals surface area contributed by atoms with E-state index in [0.717, 1.165) is 5.01 Å². The summed E-state index contributed by atoms with van der Waals surface area (Å²) in [5.74, 6) is -0.503. The van der Waals surface area contributed by atoms with Gasteiger partial charge in [0.05, 0.1) is 0 Å². The lowest BCUT2D eigenvalue weighted by atomic mass is 10.1. The van der Waals surface area contributed by atoms with Gasteiger partial charge in [-0.2, -0.15) is 0 Å². The predicted octanol–water partition coefficient (Wildman–Crippen LogP) is 2.93. The smallest absolute Gasteiger partial charge is 0.186 e. The van der Waals surface area contributed by atoms with Crippen molar-refractivity contribution in [3.05, 3.63) is 50.1 Å². The Labute approximate surface area is 116 Å². The molecule has 0 amide bonds. The highest BCUT2D eigenvalue weighted by Gasteiger charge is 2.12. The van der Waals surface area contributed by atoms with Crippen molar-refractivity contribution >= 4 is 33.0 Å². The van der Waals surface area contributed by atoms with Crippen molar-refractivity contribution in [1.29, 1.82) is 0 Å². The second-order valence-electron chi connectivity index (χ2n) is 3.71. The monoisotopic (exact) mass is 328 g/mol. The summed E-state index contributed by atoms with van der Waals surface area (Å²) >= 11 is 4.55. The number of hydrogen-bond donors (Lipinski definition) is 1. The fourth-order valence-corrected chi connectivity index (χ4v) is 2.71. The van der Waals surface area contributed by atoms with Gasteiger partial charge in [0.1, 0.15) is 16.5 Å². The van der Waals surface area contributed by atoms with Crippen molar-refractivity contribution in [1.82, 2.24) is 4.98 Å². The quantitative estimate of drug-likeness (QED) is 0.878. The number of benzene rings is 1. The maximum atomic E-state index is 13.2. The molecule has 0 saturated heterocycles. The summed E-state index contributed by atoms with van der Waals surface area (Å²) in [5, 5.41) is 2.40. The topological polar surface area (TPSA) is 56.0 Å². The van der Waals surface area contributed by atoms with E-state index < -0.39 is 0 Å². The third-order valence-corrected chi connectivity index (χ3v) is 3.63. The molecule has 0 atom stereocenters. The van der Waals surface area contributed by atoms with E-state index in [2.05, 4.69) is 20.9 Å². The van der Waals surface area contributed by atoms with Crippen molar-refractivity contribution < 1.29 is 9.18 Å². The molecule has 1 aromatic heterocycles. The Morgan fingerprint density at radius 1 is 1.44 bits per heavy atom. The molecule has 0 unspecified atom stereocenters. The molecule has 2 aromatic rings. The molecule has 0 saturated carbocycles. The average Bonchev–Trinajstić information content (AvgIpc) is 2.75. The Hall–Kier alpha value is -1.11. The van der Waals surface area contributed by atoms with Crippen molar-refractivity contribution in [3.63, 3.8) is 0 Å². The number of Topliss-reactive ketones (excluding diaryl/α,β-unsaturated/α-hetero) is 1. The molecule has 1 aromatic carbocycles. The average molecular weight is 329 g/mol. The van der Waals surface area contributed by atoms with E-state index in [1.807, 2.05) is 0 Å². The maximum Gasteiger partial charge on any atom is 0.186 e. The number of carbonyl (C=O) groups excluding carboxylic acids is 1. The summed E-state index contributed by atoms with van der Waals surface area (Å²) in [6, 6.07) is 4.42. The largest absolute Gasteiger partial charge is 0.325 e. The number of aromatic nitrogens is 1. The Kier molecular flexibility index (Phi) is 4.21. The van der Waals surface area contributed by atoms with Crippen molar-refractivity contribution in [2.45, 2.75) is 13.0 Å². The molecule has 18 heavy (non-hydrogen) atoms. The van der Waals surface area contributed by atoms with Crippen molar-refractivity contribution in [2.24, 2.45) is 5.73 Å². The van der Waals surface area contributed by atoms with Crippen LogP contribution in [0.25, 0.3) is 0 Å². The minimum atomic E-state index is -0.367. The highest BCUT2D eigenvalue weighted by Crippen LogP contribution is 2.17. The zero-order valence-corrected chi connectivity index (χ0v) is 11.7. The standard InChI is InChI=1S/C12H10BrFN2OS/c13-8-1-7(2-9(14)4-8)3-11(17)10-6-18-12(5-15)16-10/h1-2,4,6H,3,5,15H2. The van der Waals surface area contributed by atoms with Gasteiger partial charge in [0.15, 0.2) is 5.78 Å². The molecular weight excluding hydrogens is 319 g/mol. The Bertz CT molecular complexity index is 565. The summed E-state index contributed by atoms with van der Waals surface area (Å²) in [4.78, 5) is 16.0. The summed E-state index contributed by atoms with van der Waals surface area (Å²) in [6.07, 6.45) is 0.129. The third kappa shape index (κ3) is 3.22. The molecule has 0 spiro atoms. The number of hydrogen-bond acceptors (Lipinski definition) is 4. The van der Waals surface area contributed by atoms with E-state index in [9.17, 15) is 9.18 Å². The number of halogens is 2. The van der Waals surface area contributed by atoms with Crippen LogP contribution in [0.15, 0.2) is 28.1 Å². The van der Waals surface area contributed by atoms with Crippen LogP contribution < -0.4 is 5.73 Å². The van der Waals surface area contributed by atoms with Gasteiger partial charge < -0.3 is 5.73 Å². The Morgan fingerprint density at radius 2 is 2.22 bits per heavy atom. The molecule has 2 rings (SSSR count). The number of carbonyl (C=O) groups is 1. The van der Waals surface area contributed by atoms with Crippen LogP contribution in [-0.2, 0) is 13.0 Å². The number of nitrogens with two attached hydrogens (primary N) is 1. The lowest BCUT2D eigenvalue weighted by molar-refractivity contribution is 0.0988. The van der Waals surface area contributed by atoms with Gasteiger partial charge in [-0.05, 0) is 23.8 Å². The fourth-order valence-electron chi connectivity index (χ4n) is 1.52. The summed E-state index contributed by atoms with van der Waals surface area (Å²) in [5.41, 5.74) is 6.45. The number of ketones is 1. The molecule has 0 aliphatic rings. The highest BCUT2D eigenvalue weighted by molar-refractivity contribution is 9.10. The molecule has 0 aliphatic heterocycles. The van der Waals surface area contributed by atoms with E-state index in [-0.39, 0.29) is 18.0 Å². The molecular formula is C12H10BrFN2OS. The van der Waals surface area contributed by atoms with Crippen LogP contribution in [0.5, 0.6) is 0 Å². The second-order valence-corrected chi connectivity index (χ2v) is 5.57. The minimum Gasteiger partial charge on any atom is -0.325 e. The van der Waals surface area contributed by atoms with E-state index in [4.69, 9.17) is 5.73 Å². The molecule has 6 heteroatoms. The SMILES string of the molecule is NCc1nc(C(=O)Cc2cc(F)cc(Br)c2)cs1. The van der Waals surface area contributed by atoms with Gasteiger partial charge in [0.2, 0.25) is 0 Å². The van der Waals surface area contributed by atoms with Gasteiger partial charge >= 0.3 is 0 Å². The van der Waals surface area contributed by atoms with Gasteiger partial charge in [0, 0.05) is 22.8 Å². The number of rotatable bonds is 4. The summed E-state index contributed by atoms with van der Waals surface area (Å²) in [6.45, 7) is 0.323. The first-order valence-corrected chi connectivity index (χ1v) is 6.88. The molecule has 0 radical (unpaired) electrons.